The summed E-state index contributed by atoms with van der Waals surface area (Å²) >= 11 is 5.87. The first-order valence-corrected chi connectivity index (χ1v) is 11.1. The van der Waals surface area contributed by atoms with E-state index in [2.05, 4.69) is 19.8 Å². The van der Waals surface area contributed by atoms with Crippen LogP contribution in [0, 0.1) is 0 Å². The largest absolute Gasteiger partial charge is 0.471 e. The maximum absolute atomic E-state index is 13.2. The third-order valence-corrected chi connectivity index (χ3v) is 6.40. The molecule has 1 N–H and O–H groups in total. The van der Waals surface area contributed by atoms with Gasteiger partial charge in [-0.1, -0.05) is 53.2 Å². The van der Waals surface area contributed by atoms with E-state index in [0.29, 0.717) is 22.7 Å². The van der Waals surface area contributed by atoms with Gasteiger partial charge in [-0.15, -0.1) is 0 Å². The zero-order valence-electron chi connectivity index (χ0n) is 15.8. The van der Waals surface area contributed by atoms with Gasteiger partial charge in [-0.2, -0.15) is 18.2 Å². The molecule has 3 aromatic rings. The second kappa shape index (κ2) is 9.31. The number of nitrogens with one attached hydrogen (secondary N) is 1. The zero-order valence-corrected chi connectivity index (χ0v) is 17.5. The van der Waals surface area contributed by atoms with Crippen LogP contribution in [0.25, 0.3) is 11.4 Å². The Morgan fingerprint density at radius 2 is 1.73 bits per heavy atom. The standard InChI is InChI=1S/C19H18ClF3N3O3P/c1-2-28-30(27,24-11-13-5-9-16(20)10-6-13)12-14-3-7-15(8-4-14)17-25-18(29-26-17)19(21,22)23/h3-10H,2,11-12H2,1H3,(H,24,27). The zero-order chi connectivity index (χ0) is 21.8. The number of hydrogen-bond donors (Lipinski definition) is 1. The fourth-order valence-electron chi connectivity index (χ4n) is 2.63. The van der Waals surface area contributed by atoms with Crippen LogP contribution in [0.2, 0.25) is 5.02 Å². The van der Waals surface area contributed by atoms with E-state index in [4.69, 9.17) is 16.1 Å². The summed E-state index contributed by atoms with van der Waals surface area (Å²) in [4.78, 5) is 3.35. The average molecular weight is 460 g/mol. The summed E-state index contributed by atoms with van der Waals surface area (Å²) in [5.41, 5.74) is 1.92. The molecule has 0 radical (unpaired) electrons. The van der Waals surface area contributed by atoms with Crippen LogP contribution in [-0.2, 0) is 28.0 Å². The number of aromatic nitrogens is 2. The molecule has 0 saturated heterocycles. The summed E-state index contributed by atoms with van der Waals surface area (Å²) in [6.07, 6.45) is -4.60. The Bertz CT molecular complexity index is 1020. The molecule has 0 amide bonds. The molecule has 0 fully saturated rings. The third-order valence-electron chi connectivity index (χ3n) is 4.05. The number of halogens is 4. The van der Waals surface area contributed by atoms with Crippen LogP contribution < -0.4 is 5.09 Å². The van der Waals surface area contributed by atoms with Gasteiger partial charge in [-0.05, 0) is 30.2 Å². The number of nitrogens with zero attached hydrogens (tertiary/aromatic N) is 2. The van der Waals surface area contributed by atoms with Gasteiger partial charge in [0.05, 0.1) is 12.8 Å². The second-order valence-corrected chi connectivity index (χ2v) is 9.00. The highest BCUT2D eigenvalue weighted by atomic mass is 35.5. The highest BCUT2D eigenvalue weighted by molar-refractivity contribution is 7.56. The van der Waals surface area contributed by atoms with E-state index in [1.165, 1.54) is 12.1 Å². The lowest BCUT2D eigenvalue weighted by Crippen LogP contribution is -2.14. The molecule has 6 nitrogen and oxygen atoms in total. The van der Waals surface area contributed by atoms with E-state index in [0.717, 1.165) is 5.56 Å². The van der Waals surface area contributed by atoms with Gasteiger partial charge in [0.1, 0.15) is 0 Å². The minimum absolute atomic E-state index is 0.106. The van der Waals surface area contributed by atoms with Gasteiger partial charge < -0.3 is 9.05 Å². The highest BCUT2D eigenvalue weighted by Gasteiger charge is 2.38. The Morgan fingerprint density at radius 3 is 2.30 bits per heavy atom. The summed E-state index contributed by atoms with van der Waals surface area (Å²) in [5.74, 6) is -1.59. The van der Waals surface area contributed by atoms with Gasteiger partial charge in [-0.25, -0.2) is 5.09 Å². The molecule has 0 saturated carbocycles. The van der Waals surface area contributed by atoms with Crippen molar-refractivity contribution in [3.05, 3.63) is 70.6 Å². The Morgan fingerprint density at radius 1 is 1.10 bits per heavy atom. The van der Waals surface area contributed by atoms with Gasteiger partial charge >= 0.3 is 12.1 Å². The van der Waals surface area contributed by atoms with Crippen LogP contribution in [0.1, 0.15) is 23.9 Å². The van der Waals surface area contributed by atoms with Gasteiger partial charge in [0.15, 0.2) is 0 Å². The highest BCUT2D eigenvalue weighted by Crippen LogP contribution is 2.46. The number of benzene rings is 2. The van der Waals surface area contributed by atoms with Crippen LogP contribution in [0.4, 0.5) is 13.2 Å². The van der Waals surface area contributed by atoms with E-state index in [9.17, 15) is 17.7 Å². The molecule has 1 unspecified atom stereocenters. The van der Waals surface area contributed by atoms with Crippen molar-refractivity contribution >= 4 is 19.1 Å². The fraction of sp³-hybridized carbons (Fsp3) is 0.263. The van der Waals surface area contributed by atoms with Crippen LogP contribution in [0.3, 0.4) is 0 Å². The van der Waals surface area contributed by atoms with Crippen molar-refractivity contribution in [3.63, 3.8) is 0 Å². The quantitative estimate of drug-likeness (QED) is 0.421. The summed E-state index contributed by atoms with van der Waals surface area (Å²) in [7, 11) is -3.21. The van der Waals surface area contributed by atoms with Crippen molar-refractivity contribution in [2.45, 2.75) is 25.8 Å². The summed E-state index contributed by atoms with van der Waals surface area (Å²) in [5, 5.41) is 6.93. The van der Waals surface area contributed by atoms with Crippen LogP contribution >= 0.6 is 19.1 Å². The fourth-order valence-corrected chi connectivity index (χ4v) is 4.58. The van der Waals surface area contributed by atoms with E-state index in [1.807, 2.05) is 12.1 Å². The smallest absolute Gasteiger partial charge is 0.329 e. The molecule has 0 spiro atoms. The van der Waals surface area contributed by atoms with Crippen molar-refractivity contribution < 1.29 is 26.8 Å². The molecule has 11 heteroatoms. The predicted molar refractivity (Wildman–Crippen MR) is 106 cm³/mol. The van der Waals surface area contributed by atoms with Crippen molar-refractivity contribution in [2.24, 2.45) is 0 Å². The lowest BCUT2D eigenvalue weighted by molar-refractivity contribution is -0.159. The van der Waals surface area contributed by atoms with Gasteiger partial charge in [0, 0.05) is 17.1 Å². The topological polar surface area (TPSA) is 77.2 Å². The Hall–Kier alpha value is -2.19. The van der Waals surface area contributed by atoms with Crippen LogP contribution in [0.15, 0.2) is 53.1 Å². The van der Waals surface area contributed by atoms with Crippen molar-refractivity contribution in [1.29, 1.82) is 0 Å². The average Bonchev–Trinajstić information content (AvgIpc) is 3.19. The summed E-state index contributed by atoms with van der Waals surface area (Å²) < 4.78 is 60.7. The first-order valence-electron chi connectivity index (χ1n) is 8.92. The molecule has 0 aliphatic heterocycles. The molecule has 1 heterocycles. The predicted octanol–water partition coefficient (Wildman–Crippen LogP) is 5.93. The summed E-state index contributed by atoms with van der Waals surface area (Å²) in [6, 6.07) is 13.5. The molecule has 2 aromatic carbocycles. The molecular formula is C19H18ClF3N3O3P. The Kier molecular flexibility index (Phi) is 6.98. The Balaban J connectivity index is 1.70. The van der Waals surface area contributed by atoms with Gasteiger partial charge in [0.2, 0.25) is 5.82 Å². The Labute approximate surface area is 175 Å². The van der Waals surface area contributed by atoms with Gasteiger partial charge in [0.25, 0.3) is 7.52 Å². The molecule has 0 aliphatic rings. The van der Waals surface area contributed by atoms with E-state index < -0.39 is 19.6 Å². The van der Waals surface area contributed by atoms with Crippen LogP contribution in [-0.4, -0.2) is 16.7 Å². The lowest BCUT2D eigenvalue weighted by Gasteiger charge is -2.19. The third kappa shape index (κ3) is 5.92. The molecule has 0 bridgehead atoms. The van der Waals surface area contributed by atoms with Gasteiger partial charge in [-0.3, -0.25) is 4.57 Å². The monoisotopic (exact) mass is 459 g/mol. The molecule has 0 aliphatic carbocycles. The molecule has 3 rings (SSSR count). The van der Waals surface area contributed by atoms with Crippen molar-refractivity contribution in [1.82, 2.24) is 15.2 Å². The maximum Gasteiger partial charge on any atom is 0.471 e. The lowest BCUT2D eigenvalue weighted by atomic mass is 10.1. The first-order chi connectivity index (χ1) is 14.2. The van der Waals surface area contributed by atoms with E-state index in [1.54, 1.807) is 31.2 Å². The van der Waals surface area contributed by atoms with Crippen molar-refractivity contribution in [3.8, 4) is 11.4 Å². The minimum atomic E-state index is -4.70. The summed E-state index contributed by atoms with van der Waals surface area (Å²) in [6.45, 7) is 2.33. The minimum Gasteiger partial charge on any atom is -0.329 e. The normalized spacial score (nSPS) is 13.9. The molecule has 1 atom stereocenters. The number of rotatable bonds is 8. The second-order valence-electron chi connectivity index (χ2n) is 6.33. The first kappa shape index (κ1) is 22.5. The van der Waals surface area contributed by atoms with Crippen molar-refractivity contribution in [2.75, 3.05) is 6.61 Å². The molecular weight excluding hydrogens is 442 g/mol. The number of hydrogen-bond acceptors (Lipinski definition) is 5. The van der Waals surface area contributed by atoms with E-state index >= 15 is 0 Å². The maximum atomic E-state index is 13.2. The SMILES string of the molecule is CCOP(=O)(Cc1ccc(-c2noc(C(F)(F)F)n2)cc1)NCc1ccc(Cl)cc1. The molecule has 30 heavy (non-hydrogen) atoms. The molecule has 160 valence electrons. The van der Waals surface area contributed by atoms with Crippen LogP contribution in [0.5, 0.6) is 0 Å². The molecule has 1 aromatic heterocycles. The number of alkyl halides is 3. The van der Waals surface area contributed by atoms with E-state index in [-0.39, 0.29) is 18.6 Å².